The number of benzene rings is 7. The second kappa shape index (κ2) is 11.2. The molecule has 0 spiro atoms. The van der Waals surface area contributed by atoms with Crippen LogP contribution in [0.5, 0.6) is 0 Å². The average molecular weight is 602 g/mol. The third-order valence-electron chi connectivity index (χ3n) is 8.76. The second-order valence-corrected chi connectivity index (χ2v) is 11.6. The van der Waals surface area contributed by atoms with Crippen LogP contribution >= 0.6 is 0 Å². The fourth-order valence-electron chi connectivity index (χ4n) is 6.52. The van der Waals surface area contributed by atoms with Gasteiger partial charge in [-0.15, -0.1) is 0 Å². The van der Waals surface area contributed by atoms with Crippen LogP contribution in [0.3, 0.4) is 0 Å². The molecule has 2 heterocycles. The van der Waals surface area contributed by atoms with Crippen molar-refractivity contribution in [1.82, 2.24) is 15.0 Å². The van der Waals surface area contributed by atoms with Crippen LogP contribution in [0.4, 0.5) is 0 Å². The van der Waals surface area contributed by atoms with E-state index in [0.29, 0.717) is 17.5 Å². The van der Waals surface area contributed by atoms with Gasteiger partial charge in [-0.1, -0.05) is 146 Å². The summed E-state index contributed by atoms with van der Waals surface area (Å²) >= 11 is 0. The molecule has 0 saturated carbocycles. The predicted molar refractivity (Wildman–Crippen MR) is 192 cm³/mol. The standard InChI is InChI=1S/C43H27N3O/c1-3-12-28(13-4-1)29-22-24-31(25-23-29)39-33-17-8-7-14-30(33)26-27-36(39)43-45-41(32-15-5-2-6-16-32)44-42(46-43)35-19-11-21-38-40(35)34-18-9-10-20-37(34)47-38/h1-27H. The molecule has 0 amide bonds. The SMILES string of the molecule is c1ccc(-c2ccc(-c3c(-c4nc(-c5ccccc5)nc(-c5cccc6oc7ccccc7c56)n4)ccc4ccccc34)cc2)cc1. The van der Waals surface area contributed by atoms with Gasteiger partial charge in [0, 0.05) is 33.0 Å². The van der Waals surface area contributed by atoms with Crippen molar-refractivity contribution in [3.63, 3.8) is 0 Å². The van der Waals surface area contributed by atoms with Crippen molar-refractivity contribution in [1.29, 1.82) is 0 Å². The van der Waals surface area contributed by atoms with Gasteiger partial charge in [0.05, 0.1) is 0 Å². The average Bonchev–Trinajstić information content (AvgIpc) is 3.54. The number of aromatic nitrogens is 3. The van der Waals surface area contributed by atoms with E-state index in [2.05, 4.69) is 97.1 Å². The quantitative estimate of drug-likeness (QED) is 0.197. The van der Waals surface area contributed by atoms with E-state index in [1.54, 1.807) is 0 Å². The zero-order valence-corrected chi connectivity index (χ0v) is 25.3. The van der Waals surface area contributed by atoms with E-state index >= 15 is 0 Å². The number of rotatable bonds is 5. The normalized spacial score (nSPS) is 11.4. The number of hydrogen-bond acceptors (Lipinski definition) is 4. The van der Waals surface area contributed by atoms with Gasteiger partial charge >= 0.3 is 0 Å². The maximum absolute atomic E-state index is 6.24. The summed E-state index contributed by atoms with van der Waals surface area (Å²) < 4.78 is 6.24. The molecule has 0 fully saturated rings. The fourth-order valence-corrected chi connectivity index (χ4v) is 6.52. The van der Waals surface area contributed by atoms with Crippen LogP contribution in [0.15, 0.2) is 168 Å². The summed E-state index contributed by atoms with van der Waals surface area (Å²) in [5, 5.41) is 4.33. The molecule has 0 aliphatic heterocycles. The lowest BCUT2D eigenvalue weighted by Gasteiger charge is -2.15. The Kier molecular flexibility index (Phi) is 6.43. The summed E-state index contributed by atoms with van der Waals surface area (Å²) in [6.45, 7) is 0. The molecular weight excluding hydrogens is 574 g/mol. The van der Waals surface area contributed by atoms with E-state index in [9.17, 15) is 0 Å². The number of fused-ring (bicyclic) bond motifs is 4. The van der Waals surface area contributed by atoms with E-state index in [0.717, 1.165) is 60.5 Å². The Bertz CT molecular complexity index is 2550. The zero-order valence-electron chi connectivity index (χ0n) is 25.3. The highest BCUT2D eigenvalue weighted by molar-refractivity contribution is 6.12. The fraction of sp³-hybridized carbons (Fsp3) is 0. The molecule has 47 heavy (non-hydrogen) atoms. The van der Waals surface area contributed by atoms with Crippen LogP contribution in [-0.4, -0.2) is 15.0 Å². The molecule has 0 saturated heterocycles. The van der Waals surface area contributed by atoms with Gasteiger partial charge in [0.2, 0.25) is 0 Å². The molecule has 2 aromatic heterocycles. The van der Waals surface area contributed by atoms with Crippen molar-refractivity contribution in [3.8, 4) is 56.4 Å². The van der Waals surface area contributed by atoms with Crippen molar-refractivity contribution in [3.05, 3.63) is 164 Å². The highest BCUT2D eigenvalue weighted by atomic mass is 16.3. The summed E-state index contributed by atoms with van der Waals surface area (Å²) in [7, 11) is 0. The molecule has 7 aromatic carbocycles. The molecule has 220 valence electrons. The van der Waals surface area contributed by atoms with E-state index < -0.39 is 0 Å². The Morgan fingerprint density at radius 2 is 0.915 bits per heavy atom. The molecule has 0 atom stereocenters. The minimum Gasteiger partial charge on any atom is -0.456 e. The molecule has 9 aromatic rings. The van der Waals surface area contributed by atoms with Gasteiger partial charge in [-0.05, 0) is 45.7 Å². The van der Waals surface area contributed by atoms with Gasteiger partial charge in [0.1, 0.15) is 11.2 Å². The minimum absolute atomic E-state index is 0.601. The number of nitrogens with zero attached hydrogens (tertiary/aromatic N) is 3. The lowest BCUT2D eigenvalue weighted by molar-refractivity contribution is 0.669. The topological polar surface area (TPSA) is 51.8 Å². The highest BCUT2D eigenvalue weighted by Crippen LogP contribution is 2.40. The Hall–Kier alpha value is -6.39. The molecule has 0 unspecified atom stereocenters. The van der Waals surface area contributed by atoms with Crippen LogP contribution < -0.4 is 0 Å². The summed E-state index contributed by atoms with van der Waals surface area (Å²) in [6.07, 6.45) is 0. The number of para-hydroxylation sites is 1. The van der Waals surface area contributed by atoms with Crippen LogP contribution in [0.1, 0.15) is 0 Å². The minimum atomic E-state index is 0.601. The van der Waals surface area contributed by atoms with Gasteiger partial charge < -0.3 is 4.42 Å². The lowest BCUT2D eigenvalue weighted by atomic mass is 9.91. The Labute approximate surface area is 271 Å². The third kappa shape index (κ3) is 4.75. The van der Waals surface area contributed by atoms with Crippen LogP contribution in [-0.2, 0) is 0 Å². The highest BCUT2D eigenvalue weighted by Gasteiger charge is 2.20. The van der Waals surface area contributed by atoms with E-state index in [4.69, 9.17) is 19.4 Å². The van der Waals surface area contributed by atoms with Gasteiger partial charge in [-0.2, -0.15) is 0 Å². The van der Waals surface area contributed by atoms with Crippen molar-refractivity contribution >= 4 is 32.7 Å². The molecule has 4 heteroatoms. The van der Waals surface area contributed by atoms with Gasteiger partial charge in [0.25, 0.3) is 0 Å². The molecular formula is C43H27N3O. The number of hydrogen-bond donors (Lipinski definition) is 0. The maximum Gasteiger partial charge on any atom is 0.164 e. The van der Waals surface area contributed by atoms with E-state index in [1.165, 1.54) is 11.1 Å². The van der Waals surface area contributed by atoms with Crippen molar-refractivity contribution < 1.29 is 4.42 Å². The van der Waals surface area contributed by atoms with Crippen LogP contribution in [0.2, 0.25) is 0 Å². The second-order valence-electron chi connectivity index (χ2n) is 11.6. The van der Waals surface area contributed by atoms with E-state index in [-0.39, 0.29) is 0 Å². The Morgan fingerprint density at radius 3 is 1.70 bits per heavy atom. The molecule has 0 N–H and O–H groups in total. The summed E-state index contributed by atoms with van der Waals surface area (Å²) in [5.74, 6) is 1.84. The summed E-state index contributed by atoms with van der Waals surface area (Å²) in [4.78, 5) is 15.5. The molecule has 0 aliphatic carbocycles. The first-order valence-corrected chi connectivity index (χ1v) is 15.7. The monoisotopic (exact) mass is 601 g/mol. The third-order valence-corrected chi connectivity index (χ3v) is 8.76. The van der Waals surface area contributed by atoms with Gasteiger partial charge in [-0.3, -0.25) is 0 Å². The summed E-state index contributed by atoms with van der Waals surface area (Å²) in [6, 6.07) is 56.3. The smallest absolute Gasteiger partial charge is 0.164 e. The molecule has 0 aliphatic rings. The largest absolute Gasteiger partial charge is 0.456 e. The van der Waals surface area contributed by atoms with Crippen molar-refractivity contribution in [2.24, 2.45) is 0 Å². The van der Waals surface area contributed by atoms with Crippen molar-refractivity contribution in [2.75, 3.05) is 0 Å². The zero-order chi connectivity index (χ0) is 31.2. The number of furan rings is 1. The molecule has 9 rings (SSSR count). The first kappa shape index (κ1) is 27.0. The van der Waals surface area contributed by atoms with Gasteiger partial charge in [-0.25, -0.2) is 15.0 Å². The first-order valence-electron chi connectivity index (χ1n) is 15.7. The predicted octanol–water partition coefficient (Wildman–Crippen LogP) is 11.3. The van der Waals surface area contributed by atoms with E-state index in [1.807, 2.05) is 66.7 Å². The molecule has 0 bridgehead atoms. The first-order chi connectivity index (χ1) is 23.3. The van der Waals surface area contributed by atoms with Crippen molar-refractivity contribution in [2.45, 2.75) is 0 Å². The van der Waals surface area contributed by atoms with Crippen LogP contribution in [0, 0.1) is 0 Å². The summed E-state index contributed by atoms with van der Waals surface area (Å²) in [5.41, 5.74) is 8.96. The van der Waals surface area contributed by atoms with Gasteiger partial charge in [0.15, 0.2) is 17.5 Å². The lowest BCUT2D eigenvalue weighted by Crippen LogP contribution is -2.01. The Morgan fingerprint density at radius 1 is 0.340 bits per heavy atom. The van der Waals surface area contributed by atoms with Crippen LogP contribution in [0.25, 0.3) is 89.1 Å². The maximum atomic E-state index is 6.24. The molecule has 0 radical (unpaired) electrons. The Balaban J connectivity index is 1.30. The molecule has 4 nitrogen and oxygen atoms in total.